The molecular formula is C13H16FNO3. The van der Waals surface area contributed by atoms with Gasteiger partial charge in [0, 0.05) is 6.54 Å². The molecule has 2 atom stereocenters. The summed E-state index contributed by atoms with van der Waals surface area (Å²) in [5, 5.41) is 9.36. The zero-order valence-corrected chi connectivity index (χ0v) is 9.96. The molecule has 4 nitrogen and oxygen atoms in total. The van der Waals surface area contributed by atoms with Crippen LogP contribution in [0.4, 0.5) is 9.18 Å². The number of hydrogen-bond acceptors (Lipinski definition) is 3. The molecule has 0 aliphatic carbocycles. The van der Waals surface area contributed by atoms with E-state index in [1.807, 2.05) is 30.3 Å². The van der Waals surface area contributed by atoms with Crippen LogP contribution in [0, 0.1) is 0 Å². The van der Waals surface area contributed by atoms with Gasteiger partial charge in [0.1, 0.15) is 18.9 Å². The topological polar surface area (TPSA) is 49.8 Å². The smallest absolute Gasteiger partial charge is 0.410 e. The minimum Gasteiger partial charge on any atom is -0.445 e. The van der Waals surface area contributed by atoms with Crippen molar-refractivity contribution in [2.45, 2.75) is 25.3 Å². The van der Waals surface area contributed by atoms with Gasteiger partial charge in [-0.3, -0.25) is 0 Å². The van der Waals surface area contributed by atoms with Crippen LogP contribution >= 0.6 is 0 Å². The van der Waals surface area contributed by atoms with Gasteiger partial charge in [-0.15, -0.1) is 0 Å². The van der Waals surface area contributed by atoms with Gasteiger partial charge in [0.25, 0.3) is 0 Å². The maximum atomic E-state index is 13.0. The molecule has 1 aliphatic rings. The van der Waals surface area contributed by atoms with Gasteiger partial charge in [-0.05, 0) is 12.0 Å². The van der Waals surface area contributed by atoms with Crippen molar-refractivity contribution in [2.75, 3.05) is 13.1 Å². The van der Waals surface area contributed by atoms with Crippen LogP contribution in [-0.4, -0.2) is 41.5 Å². The van der Waals surface area contributed by atoms with Gasteiger partial charge in [-0.2, -0.15) is 0 Å². The first kappa shape index (κ1) is 12.8. The maximum absolute atomic E-state index is 13.0. The highest BCUT2D eigenvalue weighted by Gasteiger charge is 2.30. The molecule has 1 amide bonds. The highest BCUT2D eigenvalue weighted by Crippen LogP contribution is 2.15. The Labute approximate surface area is 105 Å². The molecule has 1 fully saturated rings. The van der Waals surface area contributed by atoms with Gasteiger partial charge in [0.15, 0.2) is 0 Å². The molecule has 0 unspecified atom stereocenters. The number of halogens is 1. The van der Waals surface area contributed by atoms with Gasteiger partial charge in [-0.25, -0.2) is 9.18 Å². The van der Waals surface area contributed by atoms with Crippen molar-refractivity contribution >= 4 is 6.09 Å². The van der Waals surface area contributed by atoms with E-state index in [-0.39, 0.29) is 26.1 Å². The average Bonchev–Trinajstić information content (AvgIpc) is 2.40. The molecule has 2 rings (SSSR count). The third-order valence-corrected chi connectivity index (χ3v) is 2.96. The SMILES string of the molecule is O=C(OCc1ccccc1)N1CC[C@H](F)[C@H](O)C1. The van der Waals surface area contributed by atoms with Crippen molar-refractivity contribution in [1.29, 1.82) is 0 Å². The second kappa shape index (κ2) is 5.82. The predicted octanol–water partition coefficient (Wildman–Crippen LogP) is 1.73. The van der Waals surface area contributed by atoms with Gasteiger partial charge in [-0.1, -0.05) is 30.3 Å². The number of alkyl halides is 1. The van der Waals surface area contributed by atoms with Crippen LogP contribution in [0.3, 0.4) is 0 Å². The van der Waals surface area contributed by atoms with Gasteiger partial charge >= 0.3 is 6.09 Å². The van der Waals surface area contributed by atoms with Crippen LogP contribution in [0.2, 0.25) is 0 Å². The summed E-state index contributed by atoms with van der Waals surface area (Å²) in [6.45, 7) is 0.464. The number of amides is 1. The Bertz CT molecular complexity index is 398. The summed E-state index contributed by atoms with van der Waals surface area (Å²) >= 11 is 0. The zero-order valence-electron chi connectivity index (χ0n) is 9.96. The number of β-amino-alcohol motifs (C(OH)–C–C–N with tert-alkyl or cyclic N) is 1. The van der Waals surface area contributed by atoms with Crippen LogP contribution in [0.25, 0.3) is 0 Å². The fraction of sp³-hybridized carbons (Fsp3) is 0.462. The van der Waals surface area contributed by atoms with Crippen LogP contribution in [-0.2, 0) is 11.3 Å². The number of aliphatic hydroxyl groups excluding tert-OH is 1. The number of ether oxygens (including phenoxy) is 1. The molecule has 1 aromatic rings. The summed E-state index contributed by atoms with van der Waals surface area (Å²) in [4.78, 5) is 13.0. The molecule has 0 bridgehead atoms. The minimum absolute atomic E-state index is 0.00517. The van der Waals surface area contributed by atoms with E-state index in [0.717, 1.165) is 5.56 Å². The molecule has 0 radical (unpaired) electrons. The highest BCUT2D eigenvalue weighted by molar-refractivity contribution is 5.67. The predicted molar refractivity (Wildman–Crippen MR) is 63.7 cm³/mol. The first-order chi connectivity index (χ1) is 8.66. The molecule has 98 valence electrons. The van der Waals surface area contributed by atoms with Gasteiger partial charge in [0.05, 0.1) is 6.54 Å². The number of aliphatic hydroxyl groups is 1. The van der Waals surface area contributed by atoms with E-state index >= 15 is 0 Å². The summed E-state index contributed by atoms with van der Waals surface area (Å²) in [6.07, 6.45) is -2.71. The van der Waals surface area contributed by atoms with Crippen molar-refractivity contribution in [3.63, 3.8) is 0 Å². The van der Waals surface area contributed by atoms with Crippen LogP contribution < -0.4 is 0 Å². The molecule has 1 N–H and O–H groups in total. The first-order valence-electron chi connectivity index (χ1n) is 5.94. The van der Waals surface area contributed by atoms with Crippen LogP contribution in [0.5, 0.6) is 0 Å². The first-order valence-corrected chi connectivity index (χ1v) is 5.94. The van der Waals surface area contributed by atoms with Gasteiger partial charge in [0.2, 0.25) is 0 Å². The molecular weight excluding hydrogens is 237 g/mol. The number of nitrogens with zero attached hydrogens (tertiary/aromatic N) is 1. The molecule has 0 aromatic heterocycles. The van der Waals surface area contributed by atoms with E-state index in [1.54, 1.807) is 0 Å². The molecule has 1 saturated heterocycles. The summed E-state index contributed by atoms with van der Waals surface area (Å²) in [6, 6.07) is 9.32. The lowest BCUT2D eigenvalue weighted by Crippen LogP contribution is -2.47. The lowest BCUT2D eigenvalue weighted by molar-refractivity contribution is -0.000282. The Morgan fingerprint density at radius 2 is 2.17 bits per heavy atom. The Kier molecular flexibility index (Phi) is 4.15. The zero-order chi connectivity index (χ0) is 13.0. The molecule has 0 spiro atoms. The normalized spacial score (nSPS) is 23.8. The Morgan fingerprint density at radius 1 is 1.44 bits per heavy atom. The quantitative estimate of drug-likeness (QED) is 0.873. The fourth-order valence-electron chi connectivity index (χ4n) is 1.88. The Hall–Kier alpha value is -1.62. The largest absolute Gasteiger partial charge is 0.445 e. The average molecular weight is 253 g/mol. The third-order valence-electron chi connectivity index (χ3n) is 2.96. The second-order valence-corrected chi connectivity index (χ2v) is 4.36. The number of rotatable bonds is 2. The monoisotopic (exact) mass is 253 g/mol. The highest BCUT2D eigenvalue weighted by atomic mass is 19.1. The minimum atomic E-state index is -1.25. The van der Waals surface area contributed by atoms with Crippen molar-refractivity contribution in [3.05, 3.63) is 35.9 Å². The molecule has 1 aliphatic heterocycles. The van der Waals surface area contributed by atoms with Crippen molar-refractivity contribution in [1.82, 2.24) is 4.90 Å². The summed E-state index contributed by atoms with van der Waals surface area (Å²) in [5.41, 5.74) is 0.895. The van der Waals surface area contributed by atoms with Crippen molar-refractivity contribution in [3.8, 4) is 0 Å². The van der Waals surface area contributed by atoms with E-state index < -0.39 is 18.4 Å². The van der Waals surface area contributed by atoms with Gasteiger partial charge < -0.3 is 14.7 Å². The molecule has 1 heterocycles. The Balaban J connectivity index is 1.82. The van der Waals surface area contributed by atoms with E-state index in [1.165, 1.54) is 4.90 Å². The maximum Gasteiger partial charge on any atom is 0.410 e. The van der Waals surface area contributed by atoms with Crippen LogP contribution in [0.15, 0.2) is 30.3 Å². The Morgan fingerprint density at radius 3 is 2.83 bits per heavy atom. The number of carbonyl (C=O) groups is 1. The standard InChI is InChI=1S/C13H16FNO3/c14-11-6-7-15(8-12(11)16)13(17)18-9-10-4-2-1-3-5-10/h1-5,11-12,16H,6-9H2/t11-,12+/m0/s1. The molecule has 1 aromatic carbocycles. The number of piperidine rings is 1. The molecule has 18 heavy (non-hydrogen) atoms. The summed E-state index contributed by atoms with van der Waals surface area (Å²) in [7, 11) is 0. The second-order valence-electron chi connectivity index (χ2n) is 4.36. The summed E-state index contributed by atoms with van der Waals surface area (Å²) < 4.78 is 18.1. The number of likely N-dealkylation sites (tertiary alicyclic amines) is 1. The fourth-order valence-corrected chi connectivity index (χ4v) is 1.88. The summed E-state index contributed by atoms with van der Waals surface area (Å²) in [5.74, 6) is 0. The molecule has 0 saturated carbocycles. The van der Waals surface area contributed by atoms with E-state index in [9.17, 15) is 14.3 Å². The number of hydrogen-bond donors (Lipinski definition) is 1. The van der Waals surface area contributed by atoms with Crippen molar-refractivity contribution in [2.24, 2.45) is 0 Å². The lowest BCUT2D eigenvalue weighted by atomic mass is 10.1. The van der Waals surface area contributed by atoms with E-state index in [0.29, 0.717) is 0 Å². The number of benzene rings is 1. The van der Waals surface area contributed by atoms with E-state index in [2.05, 4.69) is 0 Å². The molecule has 5 heteroatoms. The van der Waals surface area contributed by atoms with Crippen LogP contribution in [0.1, 0.15) is 12.0 Å². The number of carbonyl (C=O) groups excluding carboxylic acids is 1. The third kappa shape index (κ3) is 3.20. The van der Waals surface area contributed by atoms with E-state index in [4.69, 9.17) is 4.74 Å². The lowest BCUT2D eigenvalue weighted by Gasteiger charge is -2.31. The van der Waals surface area contributed by atoms with Crippen molar-refractivity contribution < 1.29 is 19.0 Å².